The minimum atomic E-state index is -0.760. The molecule has 0 amide bonds. The minimum Gasteiger partial charge on any atom is -0.507 e. The van der Waals surface area contributed by atoms with Crippen LogP contribution in [0.4, 0.5) is 14.5 Å². The molecule has 0 aliphatic heterocycles. The molecule has 3 N–H and O–H groups in total. The van der Waals surface area contributed by atoms with Gasteiger partial charge in [0.15, 0.2) is 5.11 Å². The second-order valence-electron chi connectivity index (χ2n) is 4.01. The second kappa shape index (κ2) is 6.76. The third-order valence-electron chi connectivity index (χ3n) is 2.49. The molecule has 0 saturated carbocycles. The van der Waals surface area contributed by atoms with E-state index >= 15 is 0 Å². The first-order valence-corrected chi connectivity index (χ1v) is 6.30. The van der Waals surface area contributed by atoms with Gasteiger partial charge in [-0.15, -0.1) is 0 Å². The van der Waals surface area contributed by atoms with Gasteiger partial charge in [-0.3, -0.25) is 5.43 Å². The van der Waals surface area contributed by atoms with Gasteiger partial charge in [-0.25, -0.2) is 8.78 Å². The number of rotatable bonds is 3. The first-order chi connectivity index (χ1) is 10.1. The largest absolute Gasteiger partial charge is 0.507 e. The van der Waals surface area contributed by atoms with Gasteiger partial charge in [0.25, 0.3) is 0 Å². The van der Waals surface area contributed by atoms with E-state index < -0.39 is 11.6 Å². The average molecular weight is 307 g/mol. The molecule has 0 fully saturated rings. The van der Waals surface area contributed by atoms with Gasteiger partial charge in [-0.2, -0.15) is 5.10 Å². The second-order valence-corrected chi connectivity index (χ2v) is 4.42. The molecule has 0 bridgehead atoms. The van der Waals surface area contributed by atoms with Gasteiger partial charge >= 0.3 is 0 Å². The van der Waals surface area contributed by atoms with Crippen LogP contribution < -0.4 is 10.7 Å². The van der Waals surface area contributed by atoms with Gasteiger partial charge in [-0.1, -0.05) is 12.1 Å². The zero-order chi connectivity index (χ0) is 15.2. The third kappa shape index (κ3) is 4.22. The van der Waals surface area contributed by atoms with E-state index in [2.05, 4.69) is 15.8 Å². The van der Waals surface area contributed by atoms with Gasteiger partial charge in [0.1, 0.15) is 17.4 Å². The highest BCUT2D eigenvalue weighted by Crippen LogP contribution is 2.15. The molecule has 0 heterocycles. The molecule has 0 aromatic heterocycles. The summed E-state index contributed by atoms with van der Waals surface area (Å²) in [6, 6.07) is 9.69. The summed E-state index contributed by atoms with van der Waals surface area (Å²) in [7, 11) is 0. The van der Waals surface area contributed by atoms with Gasteiger partial charge in [-0.05, 0) is 36.5 Å². The fourth-order valence-electron chi connectivity index (χ4n) is 1.50. The minimum absolute atomic E-state index is 0.0339. The van der Waals surface area contributed by atoms with Crippen molar-refractivity contribution in [3.63, 3.8) is 0 Å². The zero-order valence-corrected chi connectivity index (χ0v) is 11.5. The molecule has 2 rings (SSSR count). The van der Waals surface area contributed by atoms with Crippen LogP contribution in [0.3, 0.4) is 0 Å². The molecule has 4 nitrogen and oxygen atoms in total. The topological polar surface area (TPSA) is 56.7 Å². The van der Waals surface area contributed by atoms with Gasteiger partial charge in [0.05, 0.1) is 11.9 Å². The van der Waals surface area contributed by atoms with Crippen LogP contribution >= 0.6 is 12.2 Å². The highest BCUT2D eigenvalue weighted by atomic mass is 32.1. The van der Waals surface area contributed by atoms with E-state index in [1.165, 1.54) is 18.3 Å². The van der Waals surface area contributed by atoms with Crippen molar-refractivity contribution in [3.05, 3.63) is 59.7 Å². The number of benzene rings is 2. The van der Waals surface area contributed by atoms with Crippen LogP contribution in [0.1, 0.15) is 5.56 Å². The lowest BCUT2D eigenvalue weighted by Gasteiger charge is -2.07. The Morgan fingerprint density at radius 1 is 1.19 bits per heavy atom. The fraction of sp³-hybridized carbons (Fsp3) is 0. The number of halogens is 2. The molecule has 2 aromatic rings. The molecule has 0 aliphatic rings. The smallest absolute Gasteiger partial charge is 0.191 e. The summed E-state index contributed by atoms with van der Waals surface area (Å²) in [4.78, 5) is 0. The van der Waals surface area contributed by atoms with Gasteiger partial charge in [0.2, 0.25) is 0 Å². The van der Waals surface area contributed by atoms with Crippen LogP contribution in [0.15, 0.2) is 47.6 Å². The van der Waals surface area contributed by atoms with Crippen LogP contribution in [-0.4, -0.2) is 16.4 Å². The molecular weight excluding hydrogens is 296 g/mol. The van der Waals surface area contributed by atoms with Crippen molar-refractivity contribution in [2.45, 2.75) is 0 Å². The van der Waals surface area contributed by atoms with Crippen LogP contribution in [0.2, 0.25) is 0 Å². The van der Waals surface area contributed by atoms with E-state index in [1.54, 1.807) is 18.2 Å². The molecule has 7 heteroatoms. The molecule has 0 radical (unpaired) electrons. The number of aromatic hydroxyl groups is 1. The SMILES string of the molecule is Oc1ccccc1/C=N/NC(=S)Nc1ccc(F)cc1F. The van der Waals surface area contributed by atoms with Crippen molar-refractivity contribution in [2.24, 2.45) is 5.10 Å². The van der Waals surface area contributed by atoms with Crippen molar-refractivity contribution >= 4 is 29.2 Å². The highest BCUT2D eigenvalue weighted by molar-refractivity contribution is 7.80. The summed E-state index contributed by atoms with van der Waals surface area (Å²) >= 11 is 4.92. The Bertz CT molecular complexity index is 692. The molecule has 0 aliphatic carbocycles. The fourth-order valence-corrected chi connectivity index (χ4v) is 1.66. The van der Waals surface area contributed by atoms with Crippen molar-refractivity contribution in [3.8, 4) is 5.75 Å². The quantitative estimate of drug-likeness (QED) is 0.463. The van der Waals surface area contributed by atoms with E-state index in [4.69, 9.17) is 12.2 Å². The number of nitrogens with zero attached hydrogens (tertiary/aromatic N) is 1. The Morgan fingerprint density at radius 3 is 2.67 bits per heavy atom. The lowest BCUT2D eigenvalue weighted by molar-refractivity contribution is 0.474. The van der Waals surface area contributed by atoms with Crippen LogP contribution in [0.5, 0.6) is 5.75 Å². The van der Waals surface area contributed by atoms with E-state index in [1.807, 2.05) is 0 Å². The Hall–Kier alpha value is -2.54. The van der Waals surface area contributed by atoms with Crippen LogP contribution in [-0.2, 0) is 0 Å². The summed E-state index contributed by atoms with van der Waals surface area (Å²) < 4.78 is 26.1. The lowest BCUT2D eigenvalue weighted by Crippen LogP contribution is -2.24. The number of phenolic OH excluding ortho intramolecular Hbond substituents is 1. The predicted octanol–water partition coefficient (Wildman–Crippen LogP) is 2.99. The van der Waals surface area contributed by atoms with E-state index in [9.17, 15) is 13.9 Å². The summed E-state index contributed by atoms with van der Waals surface area (Å²) in [5.41, 5.74) is 3.00. The molecule has 0 unspecified atom stereocenters. The van der Waals surface area contributed by atoms with Crippen molar-refractivity contribution < 1.29 is 13.9 Å². The summed E-state index contributed by atoms with van der Waals surface area (Å²) in [6.07, 6.45) is 1.37. The predicted molar refractivity (Wildman–Crippen MR) is 81.4 cm³/mol. The monoisotopic (exact) mass is 307 g/mol. The molecule has 0 atom stereocenters. The number of para-hydroxylation sites is 1. The number of hydrogen-bond donors (Lipinski definition) is 3. The summed E-state index contributed by atoms with van der Waals surface area (Å²) in [5.74, 6) is -1.36. The van der Waals surface area contributed by atoms with Crippen molar-refractivity contribution in [1.82, 2.24) is 5.43 Å². The van der Waals surface area contributed by atoms with E-state index in [0.717, 1.165) is 12.1 Å². The number of anilines is 1. The average Bonchev–Trinajstić information content (AvgIpc) is 2.44. The first kappa shape index (κ1) is 14.9. The molecule has 21 heavy (non-hydrogen) atoms. The summed E-state index contributed by atoms with van der Waals surface area (Å²) in [5, 5.41) is 15.9. The third-order valence-corrected chi connectivity index (χ3v) is 2.68. The van der Waals surface area contributed by atoms with Crippen molar-refractivity contribution in [2.75, 3.05) is 5.32 Å². The molecule has 108 valence electrons. The lowest BCUT2D eigenvalue weighted by atomic mass is 10.2. The Kier molecular flexibility index (Phi) is 4.78. The zero-order valence-electron chi connectivity index (χ0n) is 10.7. The van der Waals surface area contributed by atoms with E-state index in [-0.39, 0.29) is 16.5 Å². The van der Waals surface area contributed by atoms with Crippen molar-refractivity contribution in [1.29, 1.82) is 0 Å². The molecule has 2 aromatic carbocycles. The maximum atomic E-state index is 13.4. The van der Waals surface area contributed by atoms with E-state index in [0.29, 0.717) is 5.56 Å². The molecule has 0 spiro atoms. The Morgan fingerprint density at radius 2 is 1.95 bits per heavy atom. The van der Waals surface area contributed by atoms with Gasteiger partial charge in [0, 0.05) is 11.6 Å². The maximum absolute atomic E-state index is 13.4. The number of thiocarbonyl (C=S) groups is 1. The number of phenols is 1. The normalized spacial score (nSPS) is 10.6. The standard InChI is InChI=1S/C14H11F2N3OS/c15-10-5-6-12(11(16)7-10)18-14(21)19-17-8-9-3-1-2-4-13(9)20/h1-8,20H,(H2,18,19,21)/b17-8+. The molecular formula is C14H11F2N3OS. The number of hydrogen-bond acceptors (Lipinski definition) is 3. The molecule has 0 saturated heterocycles. The van der Waals surface area contributed by atoms with Gasteiger partial charge < -0.3 is 10.4 Å². The maximum Gasteiger partial charge on any atom is 0.191 e. The van der Waals surface area contributed by atoms with Crippen LogP contribution in [0.25, 0.3) is 0 Å². The Balaban J connectivity index is 1.95. The first-order valence-electron chi connectivity index (χ1n) is 5.89. The summed E-state index contributed by atoms with van der Waals surface area (Å²) in [6.45, 7) is 0. The number of hydrazone groups is 1. The Labute approximate surface area is 125 Å². The van der Waals surface area contributed by atoms with Crippen LogP contribution in [0, 0.1) is 11.6 Å². The number of nitrogens with one attached hydrogen (secondary N) is 2. The highest BCUT2D eigenvalue weighted by Gasteiger charge is 2.04.